The number of furan rings is 1. The standard InChI is InChI=1S/C26H24Cl2F2N2O8S2/c27-19-11-31(34)12-20(28)18(19)10-22(16-3-4-21(40-26(29)30)23(9-16)38-13-15-1-2-15)39-25(33)24-32(6-8-41-24)42(35,36)17-5-7-37-14-17/h3-5,7,9,11-12,14-15,22,24,26H,1-2,6,8,10,13H2/t22-,24-/m0/s1. The molecular weight excluding hydrogens is 641 g/mol. The van der Waals surface area contributed by atoms with Crippen LogP contribution in [-0.2, 0) is 26.0 Å². The van der Waals surface area contributed by atoms with E-state index >= 15 is 0 Å². The molecule has 3 aromatic rings. The number of ether oxygens (including phenoxy) is 3. The van der Waals surface area contributed by atoms with Crippen LogP contribution in [0.5, 0.6) is 11.5 Å². The van der Waals surface area contributed by atoms with Gasteiger partial charge in [-0.05, 0) is 42.5 Å². The molecule has 3 heterocycles. The number of rotatable bonds is 12. The van der Waals surface area contributed by atoms with E-state index in [0.717, 1.165) is 47.6 Å². The van der Waals surface area contributed by atoms with Gasteiger partial charge in [-0.25, -0.2) is 13.2 Å². The van der Waals surface area contributed by atoms with Crippen molar-refractivity contribution in [3.63, 3.8) is 0 Å². The van der Waals surface area contributed by atoms with Crippen molar-refractivity contribution in [1.82, 2.24) is 4.31 Å². The highest BCUT2D eigenvalue weighted by Gasteiger charge is 2.42. The van der Waals surface area contributed by atoms with Crippen LogP contribution in [0.15, 0.2) is 58.5 Å². The highest BCUT2D eigenvalue weighted by molar-refractivity contribution is 8.02. The smallest absolute Gasteiger partial charge is 0.387 e. The van der Waals surface area contributed by atoms with Gasteiger partial charge in [0, 0.05) is 24.3 Å². The summed E-state index contributed by atoms with van der Waals surface area (Å²) in [5, 5.41) is 10.6. The monoisotopic (exact) mass is 664 g/mol. The van der Waals surface area contributed by atoms with Gasteiger partial charge in [0.05, 0.1) is 12.9 Å². The SMILES string of the molecule is O=C(O[C@@H](Cc1c(Cl)c[n+]([O-])cc1Cl)c1ccc(OC(F)F)c(OCC2CC2)c1)[C@@H]1SCCN1S(=O)(=O)c1ccoc1. The lowest BCUT2D eigenvalue weighted by Crippen LogP contribution is -2.40. The number of halogens is 4. The molecule has 0 unspecified atom stereocenters. The molecule has 1 aromatic carbocycles. The van der Waals surface area contributed by atoms with E-state index in [9.17, 15) is 27.2 Å². The van der Waals surface area contributed by atoms with Crippen LogP contribution in [0.4, 0.5) is 8.78 Å². The number of hydrogen-bond acceptors (Lipinski definition) is 9. The van der Waals surface area contributed by atoms with Gasteiger partial charge in [0.25, 0.3) is 0 Å². The first-order valence-electron chi connectivity index (χ1n) is 12.7. The lowest BCUT2D eigenvalue weighted by Gasteiger charge is -2.25. The minimum absolute atomic E-state index is 0.000753. The van der Waals surface area contributed by atoms with E-state index in [2.05, 4.69) is 4.74 Å². The van der Waals surface area contributed by atoms with E-state index in [0.29, 0.717) is 22.0 Å². The third-order valence-electron chi connectivity index (χ3n) is 6.59. The molecule has 0 N–H and O–H groups in total. The normalized spacial score (nSPS) is 18.3. The summed E-state index contributed by atoms with van der Waals surface area (Å²) in [6, 6.07) is 5.38. The van der Waals surface area contributed by atoms with Crippen LogP contribution in [0.3, 0.4) is 0 Å². The van der Waals surface area contributed by atoms with E-state index in [1.54, 1.807) is 0 Å². The molecule has 1 aliphatic carbocycles. The van der Waals surface area contributed by atoms with Crippen molar-refractivity contribution in [2.45, 2.75) is 42.2 Å². The summed E-state index contributed by atoms with van der Waals surface area (Å²) in [6.45, 7) is -2.76. The highest BCUT2D eigenvalue weighted by Crippen LogP contribution is 2.39. The maximum absolute atomic E-state index is 13.5. The number of nitrogens with zero attached hydrogens (tertiary/aromatic N) is 2. The molecule has 0 radical (unpaired) electrons. The molecule has 10 nitrogen and oxygen atoms in total. The van der Waals surface area contributed by atoms with E-state index < -0.39 is 34.1 Å². The molecule has 2 aromatic heterocycles. The van der Waals surface area contributed by atoms with Crippen molar-refractivity contribution in [1.29, 1.82) is 0 Å². The van der Waals surface area contributed by atoms with Crippen LogP contribution in [0.25, 0.3) is 0 Å². The number of benzene rings is 1. The molecule has 16 heteroatoms. The molecule has 2 aliphatic rings. The quantitative estimate of drug-likeness (QED) is 0.146. The Hall–Kier alpha value is -2.78. The average molecular weight is 666 g/mol. The van der Waals surface area contributed by atoms with E-state index in [1.165, 1.54) is 30.5 Å². The van der Waals surface area contributed by atoms with E-state index in [-0.39, 0.29) is 51.6 Å². The minimum atomic E-state index is -4.07. The summed E-state index contributed by atoms with van der Waals surface area (Å²) in [5.74, 6) is -0.427. The van der Waals surface area contributed by atoms with Crippen molar-refractivity contribution in [3.8, 4) is 11.5 Å². The van der Waals surface area contributed by atoms with Gasteiger partial charge < -0.3 is 23.8 Å². The van der Waals surface area contributed by atoms with Crippen LogP contribution in [0, 0.1) is 11.1 Å². The Morgan fingerprint density at radius 2 is 1.93 bits per heavy atom. The summed E-state index contributed by atoms with van der Waals surface area (Å²) in [5.41, 5.74) is 0.590. The largest absolute Gasteiger partial charge is 0.619 e. The van der Waals surface area contributed by atoms with Crippen molar-refractivity contribution in [2.75, 3.05) is 18.9 Å². The number of carbonyl (C=O) groups excluding carboxylic acids is 1. The second-order valence-corrected chi connectivity index (χ2v) is 13.5. The molecule has 1 saturated heterocycles. The summed E-state index contributed by atoms with van der Waals surface area (Å²) in [4.78, 5) is 13.4. The Bertz CT molecular complexity index is 1520. The first kappa shape index (κ1) is 30.7. The van der Waals surface area contributed by atoms with Crippen LogP contribution in [0.1, 0.15) is 30.1 Å². The first-order chi connectivity index (χ1) is 20.0. The minimum Gasteiger partial charge on any atom is -0.619 e. The zero-order valence-electron chi connectivity index (χ0n) is 21.7. The summed E-state index contributed by atoms with van der Waals surface area (Å²) in [6.07, 6.45) is 5.07. The predicted octanol–water partition coefficient (Wildman–Crippen LogP) is 5.20. The predicted molar refractivity (Wildman–Crippen MR) is 148 cm³/mol. The number of hydrogen-bond donors (Lipinski definition) is 0. The number of thioether (sulfide) groups is 1. The Morgan fingerprint density at radius 1 is 1.19 bits per heavy atom. The Labute approximate surface area is 254 Å². The topological polar surface area (TPSA) is 122 Å². The molecule has 0 amide bonds. The molecular formula is C26H24Cl2F2N2O8S2. The van der Waals surface area contributed by atoms with Crippen LogP contribution in [0.2, 0.25) is 10.0 Å². The third-order valence-corrected chi connectivity index (χ3v) is 10.4. The van der Waals surface area contributed by atoms with Gasteiger partial charge in [-0.2, -0.15) is 17.8 Å². The summed E-state index contributed by atoms with van der Waals surface area (Å²) in [7, 11) is -4.07. The molecule has 1 saturated carbocycles. The fourth-order valence-electron chi connectivity index (χ4n) is 4.28. The number of esters is 1. The average Bonchev–Trinajstić information content (AvgIpc) is 3.36. The molecule has 42 heavy (non-hydrogen) atoms. The van der Waals surface area contributed by atoms with Gasteiger partial charge in [-0.1, -0.05) is 29.3 Å². The van der Waals surface area contributed by atoms with E-state index in [1.807, 2.05) is 0 Å². The molecule has 1 aliphatic heterocycles. The Balaban J connectivity index is 1.47. The number of alkyl halides is 2. The fourth-order valence-corrected chi connectivity index (χ4v) is 7.85. The zero-order valence-corrected chi connectivity index (χ0v) is 24.8. The number of sulfonamides is 1. The lowest BCUT2D eigenvalue weighted by molar-refractivity contribution is -0.605. The van der Waals surface area contributed by atoms with Gasteiger partial charge >= 0.3 is 12.6 Å². The highest BCUT2D eigenvalue weighted by atomic mass is 35.5. The van der Waals surface area contributed by atoms with Gasteiger partial charge in [0.15, 0.2) is 29.3 Å². The van der Waals surface area contributed by atoms with Crippen molar-refractivity contribution in [3.05, 3.63) is 75.6 Å². The first-order valence-corrected chi connectivity index (χ1v) is 15.9. The second kappa shape index (κ2) is 12.8. The van der Waals surface area contributed by atoms with Crippen LogP contribution < -0.4 is 14.2 Å². The zero-order chi connectivity index (χ0) is 30.0. The van der Waals surface area contributed by atoms with Gasteiger partial charge in [-0.15, -0.1) is 11.8 Å². The van der Waals surface area contributed by atoms with Gasteiger partial charge in [-0.3, -0.25) is 0 Å². The second-order valence-electron chi connectivity index (χ2n) is 9.56. The molecule has 2 atom stereocenters. The summed E-state index contributed by atoms with van der Waals surface area (Å²) >= 11 is 13.7. The maximum Gasteiger partial charge on any atom is 0.387 e. The lowest BCUT2D eigenvalue weighted by atomic mass is 10.0. The molecule has 0 bridgehead atoms. The maximum atomic E-state index is 13.5. The molecule has 2 fully saturated rings. The fraction of sp³-hybridized carbons (Fsp3) is 0.385. The van der Waals surface area contributed by atoms with Gasteiger partial charge in [0.2, 0.25) is 10.0 Å². The third kappa shape index (κ3) is 7.05. The van der Waals surface area contributed by atoms with Crippen LogP contribution in [-0.4, -0.2) is 49.6 Å². The van der Waals surface area contributed by atoms with Crippen molar-refractivity contribution >= 4 is 51.0 Å². The number of pyridine rings is 1. The summed E-state index contributed by atoms with van der Waals surface area (Å²) < 4.78 is 75.2. The van der Waals surface area contributed by atoms with Crippen LogP contribution >= 0.6 is 35.0 Å². The van der Waals surface area contributed by atoms with Gasteiger partial charge in [0.1, 0.15) is 27.3 Å². The number of carbonyl (C=O) groups is 1. The number of aromatic nitrogens is 1. The molecule has 0 spiro atoms. The van der Waals surface area contributed by atoms with E-state index in [4.69, 9.17) is 37.1 Å². The van der Waals surface area contributed by atoms with Crippen molar-refractivity contribution in [2.24, 2.45) is 5.92 Å². The van der Waals surface area contributed by atoms with Crippen molar-refractivity contribution < 1.29 is 45.4 Å². The Morgan fingerprint density at radius 3 is 2.57 bits per heavy atom. The molecule has 226 valence electrons. The molecule has 5 rings (SSSR count). The Kier molecular flexibility index (Phi) is 9.38.